The van der Waals surface area contributed by atoms with E-state index in [4.69, 9.17) is 9.72 Å². The van der Waals surface area contributed by atoms with Gasteiger partial charge in [-0.2, -0.15) is 0 Å². The molecule has 10 aromatic rings. The number of para-hydroxylation sites is 1. The summed E-state index contributed by atoms with van der Waals surface area (Å²) in [5.41, 5.74) is 10.3. The van der Waals surface area contributed by atoms with E-state index in [0.29, 0.717) is 0 Å². The van der Waals surface area contributed by atoms with Crippen LogP contribution < -0.4 is 4.74 Å². The van der Waals surface area contributed by atoms with Gasteiger partial charge in [-0.1, -0.05) is 140 Å². The van der Waals surface area contributed by atoms with Crippen molar-refractivity contribution in [2.24, 2.45) is 0 Å². The van der Waals surface area contributed by atoms with Crippen molar-refractivity contribution in [1.29, 1.82) is 0 Å². The predicted molar refractivity (Wildman–Crippen MR) is 217 cm³/mol. The third-order valence-electron chi connectivity index (χ3n) is 10.9. The highest BCUT2D eigenvalue weighted by molar-refractivity contribution is 6.25. The van der Waals surface area contributed by atoms with E-state index in [0.717, 1.165) is 51.6 Å². The van der Waals surface area contributed by atoms with Crippen LogP contribution in [0.5, 0.6) is 11.5 Å². The number of aryl methyl sites for hydroxylation is 1. The van der Waals surface area contributed by atoms with Crippen LogP contribution in [0.2, 0.25) is 0 Å². The Hall–Kier alpha value is -6.71. The molecular weight excluding hydrogens is 633 g/mol. The lowest BCUT2D eigenvalue weighted by molar-refractivity contribution is 0.474. The molecule has 1 aliphatic heterocycles. The summed E-state index contributed by atoms with van der Waals surface area (Å²) in [6.07, 6.45) is 0.826. The summed E-state index contributed by atoms with van der Waals surface area (Å²) in [6.45, 7) is 2.17. The third kappa shape index (κ3) is 4.17. The maximum absolute atomic E-state index is 6.47. The van der Waals surface area contributed by atoms with Gasteiger partial charge in [0.2, 0.25) is 0 Å². The molecule has 3 nitrogen and oxygen atoms in total. The monoisotopic (exact) mass is 664 g/mol. The van der Waals surface area contributed by atoms with Gasteiger partial charge in [0.05, 0.1) is 11.2 Å². The largest absolute Gasteiger partial charge is 0.453 e. The normalized spacial score (nSPS) is 12.2. The molecule has 0 saturated heterocycles. The first-order valence-electron chi connectivity index (χ1n) is 18.0. The van der Waals surface area contributed by atoms with E-state index in [1.165, 1.54) is 65.3 Å². The molecule has 0 fully saturated rings. The number of hydrogen-bond acceptors (Lipinski definition) is 2. The lowest BCUT2D eigenvalue weighted by atomic mass is 9.83. The summed E-state index contributed by atoms with van der Waals surface area (Å²) in [5.74, 6) is 2.73. The lowest BCUT2D eigenvalue weighted by Crippen LogP contribution is -2.07. The Morgan fingerprint density at radius 1 is 0.481 bits per heavy atom. The highest BCUT2D eigenvalue weighted by Crippen LogP contribution is 2.48. The van der Waals surface area contributed by atoms with Gasteiger partial charge in [0.15, 0.2) is 11.5 Å². The van der Waals surface area contributed by atoms with Gasteiger partial charge < -0.3 is 4.74 Å². The second-order valence-electron chi connectivity index (χ2n) is 13.7. The number of nitrogens with zero attached hydrogens (tertiary/aromatic N) is 2. The molecule has 3 heteroatoms. The second kappa shape index (κ2) is 11.1. The Morgan fingerprint density at radius 3 is 1.73 bits per heavy atom. The van der Waals surface area contributed by atoms with E-state index in [1.807, 2.05) is 12.1 Å². The summed E-state index contributed by atoms with van der Waals surface area (Å²) in [7, 11) is 0. The molecule has 0 spiro atoms. The third-order valence-corrected chi connectivity index (χ3v) is 10.9. The second-order valence-corrected chi connectivity index (χ2v) is 13.7. The zero-order valence-electron chi connectivity index (χ0n) is 28.6. The summed E-state index contributed by atoms with van der Waals surface area (Å²) in [5, 5.41) is 9.95. The minimum Gasteiger partial charge on any atom is -0.453 e. The van der Waals surface area contributed by atoms with Crippen LogP contribution in [-0.4, -0.2) is 9.55 Å². The summed E-state index contributed by atoms with van der Waals surface area (Å²) in [6, 6.07) is 59.6. The molecule has 0 unspecified atom stereocenters. The Labute approximate surface area is 301 Å². The number of aromatic nitrogens is 2. The van der Waals surface area contributed by atoms with Gasteiger partial charge in [-0.15, -0.1) is 0 Å². The fourth-order valence-corrected chi connectivity index (χ4v) is 8.62. The van der Waals surface area contributed by atoms with E-state index < -0.39 is 0 Å². The van der Waals surface area contributed by atoms with E-state index in [1.54, 1.807) is 0 Å². The molecule has 1 aliphatic rings. The number of fused-ring (bicyclic) bond motifs is 6. The fraction of sp³-hybridized carbons (Fsp3) is 0.0408. The number of hydrogen-bond donors (Lipinski definition) is 0. The predicted octanol–water partition coefficient (Wildman–Crippen LogP) is 13.3. The van der Waals surface area contributed by atoms with Crippen LogP contribution >= 0.6 is 0 Å². The van der Waals surface area contributed by atoms with Gasteiger partial charge >= 0.3 is 0 Å². The van der Waals surface area contributed by atoms with Crippen LogP contribution in [-0.2, 0) is 6.42 Å². The zero-order chi connectivity index (χ0) is 34.3. The first kappa shape index (κ1) is 29.1. The molecule has 0 amide bonds. The molecule has 0 N–H and O–H groups in total. The van der Waals surface area contributed by atoms with Crippen LogP contribution in [0.25, 0.3) is 93.2 Å². The van der Waals surface area contributed by atoms with E-state index >= 15 is 0 Å². The number of imidazole rings is 1. The molecule has 0 atom stereocenters. The van der Waals surface area contributed by atoms with Crippen LogP contribution in [0.1, 0.15) is 12.7 Å². The molecule has 0 aliphatic carbocycles. The molecule has 2 heterocycles. The topological polar surface area (TPSA) is 27.1 Å². The summed E-state index contributed by atoms with van der Waals surface area (Å²) in [4.78, 5) is 4.99. The van der Waals surface area contributed by atoms with Crippen LogP contribution in [0.3, 0.4) is 0 Å². The summed E-state index contributed by atoms with van der Waals surface area (Å²) >= 11 is 0. The Morgan fingerprint density at radius 2 is 1.04 bits per heavy atom. The van der Waals surface area contributed by atoms with Crippen molar-refractivity contribution in [2.45, 2.75) is 13.3 Å². The van der Waals surface area contributed by atoms with E-state index in [2.05, 4.69) is 163 Å². The number of benzene rings is 9. The molecule has 244 valence electrons. The number of ether oxygens (including phenoxy) is 1. The molecule has 11 rings (SSSR count). The Bertz CT molecular complexity index is 3090. The van der Waals surface area contributed by atoms with Crippen molar-refractivity contribution in [3.05, 3.63) is 170 Å². The molecule has 1 aromatic heterocycles. The van der Waals surface area contributed by atoms with Crippen LogP contribution in [0.4, 0.5) is 0 Å². The SMILES string of the molecule is CCc1nc2cccc3c2n1-c1cc(-c2ccc4c(-c5cccc6ccccc56)c5ccccc5c(-c5cccc6ccccc56)c4c2)ccc1O3. The maximum Gasteiger partial charge on any atom is 0.153 e. The first-order chi connectivity index (χ1) is 25.7. The minimum atomic E-state index is 0.826. The Kier molecular flexibility index (Phi) is 6.23. The van der Waals surface area contributed by atoms with Crippen molar-refractivity contribution >= 4 is 54.1 Å². The van der Waals surface area contributed by atoms with Crippen molar-refractivity contribution in [2.75, 3.05) is 0 Å². The average molecular weight is 665 g/mol. The molecule has 0 radical (unpaired) electrons. The number of rotatable bonds is 4. The standard InChI is InChI=1S/C49H32N2O/c1-2-46-50-42-22-11-23-45-49(42)51(46)43-29-33(25-27-44(43)52-45)32-24-26-40-41(28-32)48(37-21-10-15-31-13-4-6-17-35(31)37)39-19-8-7-18-38(39)47(40)36-20-9-14-30-12-3-5-16-34(30)36/h3-29H,2H2,1H3. The van der Waals surface area contributed by atoms with Gasteiger partial charge in [0.1, 0.15) is 11.3 Å². The highest BCUT2D eigenvalue weighted by Gasteiger charge is 2.25. The van der Waals surface area contributed by atoms with Crippen molar-refractivity contribution in [3.63, 3.8) is 0 Å². The molecular formula is C49H32N2O. The van der Waals surface area contributed by atoms with Gasteiger partial charge in [0, 0.05) is 6.42 Å². The highest BCUT2D eigenvalue weighted by atomic mass is 16.5. The first-order valence-corrected chi connectivity index (χ1v) is 18.0. The molecule has 0 bridgehead atoms. The fourth-order valence-electron chi connectivity index (χ4n) is 8.62. The quantitative estimate of drug-likeness (QED) is 0.175. The van der Waals surface area contributed by atoms with Crippen molar-refractivity contribution in [3.8, 4) is 50.6 Å². The minimum absolute atomic E-state index is 0.826. The molecule has 52 heavy (non-hydrogen) atoms. The van der Waals surface area contributed by atoms with Gasteiger partial charge in [-0.25, -0.2) is 4.98 Å². The Balaban J connectivity index is 1.23. The van der Waals surface area contributed by atoms with E-state index in [9.17, 15) is 0 Å². The van der Waals surface area contributed by atoms with Gasteiger partial charge in [-0.3, -0.25) is 4.57 Å². The van der Waals surface area contributed by atoms with Crippen molar-refractivity contribution < 1.29 is 4.74 Å². The molecule has 9 aromatic carbocycles. The van der Waals surface area contributed by atoms with Gasteiger partial charge in [-0.05, 0) is 107 Å². The van der Waals surface area contributed by atoms with Crippen molar-refractivity contribution in [1.82, 2.24) is 9.55 Å². The van der Waals surface area contributed by atoms with Crippen LogP contribution in [0, 0.1) is 0 Å². The average Bonchev–Trinajstić information content (AvgIpc) is 3.60. The van der Waals surface area contributed by atoms with E-state index in [-0.39, 0.29) is 0 Å². The smallest absolute Gasteiger partial charge is 0.153 e. The maximum atomic E-state index is 6.47. The van der Waals surface area contributed by atoms with Crippen LogP contribution in [0.15, 0.2) is 164 Å². The zero-order valence-corrected chi connectivity index (χ0v) is 28.6. The summed E-state index contributed by atoms with van der Waals surface area (Å²) < 4.78 is 8.77. The molecule has 0 saturated carbocycles. The van der Waals surface area contributed by atoms with Gasteiger partial charge in [0.25, 0.3) is 0 Å². The lowest BCUT2D eigenvalue weighted by Gasteiger charge is -2.22.